The molecule has 5 nitrogen and oxygen atoms in total. The van der Waals surface area contributed by atoms with Crippen LogP contribution in [0.3, 0.4) is 0 Å². The molecule has 3 rings (SSSR count). The largest absolute Gasteiger partial charge is 0.491 e. The predicted octanol–water partition coefficient (Wildman–Crippen LogP) is 4.37. The summed E-state index contributed by atoms with van der Waals surface area (Å²) in [5, 5.41) is 4.27. The number of nitrogens with zero attached hydrogens (tertiary/aromatic N) is 3. The van der Waals surface area contributed by atoms with Crippen molar-refractivity contribution in [3.05, 3.63) is 40.2 Å². The highest BCUT2D eigenvalue weighted by atomic mass is 79.9. The summed E-state index contributed by atoms with van der Waals surface area (Å²) >= 11 is 9.73. The Balaban J connectivity index is 1.66. The number of anilines is 2. The summed E-state index contributed by atoms with van der Waals surface area (Å²) in [4.78, 5) is 10.8. The number of hydrogen-bond donors (Lipinski definition) is 1. The van der Waals surface area contributed by atoms with Gasteiger partial charge in [-0.15, -0.1) is 0 Å². The van der Waals surface area contributed by atoms with Crippen molar-refractivity contribution < 1.29 is 4.74 Å². The Labute approximate surface area is 155 Å². The van der Waals surface area contributed by atoms with Gasteiger partial charge in [0.15, 0.2) is 5.75 Å². The molecule has 0 radical (unpaired) electrons. The van der Waals surface area contributed by atoms with E-state index in [-0.39, 0.29) is 0 Å². The molecule has 1 fully saturated rings. The van der Waals surface area contributed by atoms with Crippen molar-refractivity contribution in [2.75, 3.05) is 29.9 Å². The first-order valence-corrected chi connectivity index (χ1v) is 9.23. The Hall–Kier alpha value is -1.53. The molecular weight excluding hydrogens is 392 g/mol. The molecule has 1 N–H and O–H groups in total. The Bertz CT molecular complexity index is 678. The second-order valence-electron chi connectivity index (χ2n) is 5.67. The Morgan fingerprint density at radius 3 is 2.79 bits per heavy atom. The number of nitrogens with one attached hydrogen (secondary N) is 1. The monoisotopic (exact) mass is 410 g/mol. The number of ether oxygens (including phenoxy) is 1. The van der Waals surface area contributed by atoms with Crippen LogP contribution in [-0.2, 0) is 0 Å². The molecule has 0 amide bonds. The van der Waals surface area contributed by atoms with Gasteiger partial charge in [0.05, 0.1) is 23.0 Å². The van der Waals surface area contributed by atoms with Crippen molar-refractivity contribution in [3.8, 4) is 5.75 Å². The number of rotatable bonds is 5. The molecular formula is C17H20BrClN4O. The minimum absolute atomic E-state index is 0.377. The molecule has 1 aliphatic rings. The van der Waals surface area contributed by atoms with Gasteiger partial charge in [-0.05, 0) is 47.8 Å². The number of benzene rings is 1. The van der Waals surface area contributed by atoms with Crippen LogP contribution in [0, 0.1) is 0 Å². The van der Waals surface area contributed by atoms with E-state index in [2.05, 4.69) is 36.1 Å². The van der Waals surface area contributed by atoms with Gasteiger partial charge in [0.25, 0.3) is 0 Å². The smallest absolute Gasteiger partial charge is 0.156 e. The van der Waals surface area contributed by atoms with Crippen LogP contribution in [0.15, 0.2) is 35.2 Å². The number of halogens is 2. The van der Waals surface area contributed by atoms with Crippen LogP contribution < -0.4 is 15.0 Å². The van der Waals surface area contributed by atoms with Crippen LogP contribution in [0.1, 0.15) is 19.8 Å². The van der Waals surface area contributed by atoms with E-state index in [1.165, 1.54) is 0 Å². The average Bonchev–Trinajstić information content (AvgIpc) is 2.59. The first-order chi connectivity index (χ1) is 11.7. The zero-order valence-corrected chi connectivity index (χ0v) is 15.8. The molecule has 24 heavy (non-hydrogen) atoms. The highest BCUT2D eigenvalue weighted by molar-refractivity contribution is 9.10. The number of hydrogen-bond acceptors (Lipinski definition) is 5. The van der Waals surface area contributed by atoms with Crippen molar-refractivity contribution in [3.63, 3.8) is 0 Å². The standard InChI is InChI=1S/C17H20BrClN4O/c1-2-24-17-14(18)9-12(19)10-15(17)22-13-3-7-23(8-4-13)16-11-20-5-6-21-16/h5-6,9-11,13,22H,2-4,7-8H2,1H3. The van der Waals surface area contributed by atoms with Crippen molar-refractivity contribution in [1.29, 1.82) is 0 Å². The molecule has 1 saturated heterocycles. The van der Waals surface area contributed by atoms with E-state index >= 15 is 0 Å². The third-order valence-corrected chi connectivity index (χ3v) is 4.83. The quantitative estimate of drug-likeness (QED) is 0.791. The summed E-state index contributed by atoms with van der Waals surface area (Å²) < 4.78 is 6.63. The van der Waals surface area contributed by atoms with Crippen LogP contribution in [0.4, 0.5) is 11.5 Å². The first kappa shape index (κ1) is 17.3. The summed E-state index contributed by atoms with van der Waals surface area (Å²) in [7, 11) is 0. The van der Waals surface area contributed by atoms with Gasteiger partial charge >= 0.3 is 0 Å². The van der Waals surface area contributed by atoms with Crippen molar-refractivity contribution in [1.82, 2.24) is 9.97 Å². The molecule has 7 heteroatoms. The zero-order valence-electron chi connectivity index (χ0n) is 13.5. The Kier molecular flexibility index (Phi) is 5.79. The van der Waals surface area contributed by atoms with Gasteiger partial charge in [0.2, 0.25) is 0 Å². The normalized spacial score (nSPS) is 15.4. The predicted molar refractivity (Wildman–Crippen MR) is 101 cm³/mol. The summed E-state index contributed by atoms with van der Waals surface area (Å²) in [5.41, 5.74) is 0.939. The number of aromatic nitrogens is 2. The second-order valence-corrected chi connectivity index (χ2v) is 6.96. The fourth-order valence-electron chi connectivity index (χ4n) is 2.89. The summed E-state index contributed by atoms with van der Waals surface area (Å²) in [6.07, 6.45) is 7.29. The van der Waals surface area contributed by atoms with E-state index < -0.39 is 0 Å². The molecule has 128 valence electrons. The first-order valence-electron chi connectivity index (χ1n) is 8.06. The maximum Gasteiger partial charge on any atom is 0.156 e. The Morgan fingerprint density at radius 2 is 2.12 bits per heavy atom. The summed E-state index contributed by atoms with van der Waals surface area (Å²) in [6, 6.07) is 4.16. The van der Waals surface area contributed by atoms with Gasteiger partial charge in [0.1, 0.15) is 5.82 Å². The second kappa shape index (κ2) is 8.03. The highest BCUT2D eigenvalue weighted by Crippen LogP contribution is 2.37. The van der Waals surface area contributed by atoms with Crippen LogP contribution >= 0.6 is 27.5 Å². The third kappa shape index (κ3) is 4.11. The van der Waals surface area contributed by atoms with Gasteiger partial charge in [0, 0.05) is 36.5 Å². The topological polar surface area (TPSA) is 50.3 Å². The van der Waals surface area contributed by atoms with Gasteiger partial charge in [-0.1, -0.05) is 11.6 Å². The molecule has 0 atom stereocenters. The molecule has 1 aliphatic heterocycles. The lowest BCUT2D eigenvalue weighted by atomic mass is 10.0. The van der Waals surface area contributed by atoms with Crippen molar-refractivity contribution in [2.24, 2.45) is 0 Å². The third-order valence-electron chi connectivity index (χ3n) is 4.03. The van der Waals surface area contributed by atoms with Gasteiger partial charge in [-0.25, -0.2) is 4.98 Å². The lowest BCUT2D eigenvalue weighted by molar-refractivity contribution is 0.339. The van der Waals surface area contributed by atoms with Crippen molar-refractivity contribution >= 4 is 39.0 Å². The van der Waals surface area contributed by atoms with E-state index in [0.717, 1.165) is 47.7 Å². The highest BCUT2D eigenvalue weighted by Gasteiger charge is 2.22. The van der Waals surface area contributed by atoms with Gasteiger partial charge in [-0.2, -0.15) is 0 Å². The molecule has 0 unspecified atom stereocenters. The van der Waals surface area contributed by atoms with Crippen molar-refractivity contribution in [2.45, 2.75) is 25.8 Å². The fourth-order valence-corrected chi connectivity index (χ4v) is 3.81. The van der Waals surface area contributed by atoms with Crippen LogP contribution in [0.2, 0.25) is 5.02 Å². The van der Waals surface area contributed by atoms with E-state index in [0.29, 0.717) is 17.7 Å². The number of piperidine rings is 1. The Morgan fingerprint density at radius 1 is 1.33 bits per heavy atom. The molecule has 0 aliphatic carbocycles. The van der Waals surface area contributed by atoms with Gasteiger partial charge in [-0.3, -0.25) is 4.98 Å². The van der Waals surface area contributed by atoms with E-state index in [4.69, 9.17) is 16.3 Å². The van der Waals surface area contributed by atoms with Crippen LogP contribution in [0.25, 0.3) is 0 Å². The van der Waals surface area contributed by atoms with Crippen LogP contribution in [-0.4, -0.2) is 35.7 Å². The van der Waals surface area contributed by atoms with Crippen LogP contribution in [0.5, 0.6) is 5.75 Å². The SMILES string of the molecule is CCOc1c(Br)cc(Cl)cc1NC1CCN(c2cnccn2)CC1. The molecule has 0 bridgehead atoms. The van der Waals surface area contributed by atoms with E-state index in [1.807, 2.05) is 25.3 Å². The molecule has 0 spiro atoms. The summed E-state index contributed by atoms with van der Waals surface area (Å²) in [6.45, 7) is 4.48. The zero-order chi connectivity index (χ0) is 16.9. The molecule has 2 heterocycles. The molecule has 1 aromatic heterocycles. The molecule has 1 aromatic carbocycles. The minimum Gasteiger partial charge on any atom is -0.491 e. The van der Waals surface area contributed by atoms with E-state index in [1.54, 1.807) is 12.4 Å². The molecule has 0 saturated carbocycles. The summed E-state index contributed by atoms with van der Waals surface area (Å²) in [5.74, 6) is 1.76. The molecule has 2 aromatic rings. The lowest BCUT2D eigenvalue weighted by Crippen LogP contribution is -2.39. The maximum atomic E-state index is 6.19. The average molecular weight is 412 g/mol. The van der Waals surface area contributed by atoms with E-state index in [9.17, 15) is 0 Å². The lowest BCUT2D eigenvalue weighted by Gasteiger charge is -2.33. The van der Waals surface area contributed by atoms with Gasteiger partial charge < -0.3 is 15.0 Å². The fraction of sp³-hybridized carbons (Fsp3) is 0.412. The maximum absolute atomic E-state index is 6.19. The minimum atomic E-state index is 0.377.